The molecule has 0 aliphatic carbocycles. The lowest BCUT2D eigenvalue weighted by molar-refractivity contribution is 0.221. The Morgan fingerprint density at radius 3 is 2.97 bits per heavy atom. The van der Waals surface area contributed by atoms with Gasteiger partial charge in [-0.15, -0.1) is 11.8 Å². The monoisotopic (exact) mass is 453 g/mol. The predicted octanol–water partition coefficient (Wildman–Crippen LogP) is 4.41. The quantitative estimate of drug-likeness (QED) is 0.573. The van der Waals surface area contributed by atoms with Gasteiger partial charge < -0.3 is 20.3 Å². The summed E-state index contributed by atoms with van der Waals surface area (Å²) < 4.78 is 19.9. The number of hydrogen-bond donors (Lipinski definition) is 2. The Labute approximate surface area is 192 Å². The lowest BCUT2D eigenvalue weighted by Crippen LogP contribution is -2.40. The number of rotatable bonds is 6. The third-order valence-corrected chi connectivity index (χ3v) is 7.31. The average Bonchev–Trinajstić information content (AvgIpc) is 2.84. The molecule has 2 aliphatic heterocycles. The Morgan fingerprint density at radius 2 is 2.12 bits per heavy atom. The van der Waals surface area contributed by atoms with Crippen molar-refractivity contribution in [3.8, 4) is 5.75 Å². The van der Waals surface area contributed by atoms with Gasteiger partial charge in [0.2, 0.25) is 0 Å². The summed E-state index contributed by atoms with van der Waals surface area (Å²) in [5, 5.41) is 7.82. The van der Waals surface area contributed by atoms with E-state index in [0.29, 0.717) is 12.5 Å². The van der Waals surface area contributed by atoms with Gasteiger partial charge in [-0.3, -0.25) is 4.98 Å². The summed E-state index contributed by atoms with van der Waals surface area (Å²) in [6.07, 6.45) is 4.09. The molecule has 0 atom stereocenters. The first-order valence-corrected chi connectivity index (χ1v) is 12.2. The van der Waals surface area contributed by atoms with Crippen molar-refractivity contribution in [2.45, 2.75) is 30.2 Å². The lowest BCUT2D eigenvalue weighted by atomic mass is 10.0. The maximum atomic E-state index is 14.6. The van der Waals surface area contributed by atoms with E-state index in [0.717, 1.165) is 78.6 Å². The number of anilines is 2. The maximum Gasteiger partial charge on any atom is 0.145 e. The van der Waals surface area contributed by atoms with Gasteiger partial charge in [-0.05, 0) is 49.6 Å². The molecule has 2 N–H and O–H groups in total. The van der Waals surface area contributed by atoms with Crippen LogP contribution in [0.5, 0.6) is 5.75 Å². The molecule has 3 aromatic rings. The van der Waals surface area contributed by atoms with Crippen molar-refractivity contribution in [1.82, 2.24) is 14.9 Å². The van der Waals surface area contributed by atoms with E-state index in [1.807, 2.05) is 30.0 Å². The molecule has 0 bridgehead atoms. The number of methoxy groups -OCH3 is 1. The van der Waals surface area contributed by atoms with E-state index < -0.39 is 0 Å². The molecule has 0 radical (unpaired) electrons. The fourth-order valence-electron chi connectivity index (χ4n) is 4.46. The van der Waals surface area contributed by atoms with Gasteiger partial charge in [-0.2, -0.15) is 0 Å². The third-order valence-electron chi connectivity index (χ3n) is 6.26. The van der Waals surface area contributed by atoms with Crippen molar-refractivity contribution in [3.63, 3.8) is 0 Å². The molecule has 8 heteroatoms. The summed E-state index contributed by atoms with van der Waals surface area (Å²) in [6, 6.07) is 10.3. The standard InChI is InChI=1S/C24H28FN5OS/c1-31-17-2-3-21-19(14-17)18(20(25)15-27-21)8-12-30-10-6-16(7-11-30)28-23-5-4-22-24(29-23)26-9-13-32-22/h2-5,14-16H,6-13H2,1H3,(H2,26,28,29). The van der Waals surface area contributed by atoms with Crippen LogP contribution < -0.4 is 15.4 Å². The van der Waals surface area contributed by atoms with E-state index in [1.165, 1.54) is 11.1 Å². The van der Waals surface area contributed by atoms with Gasteiger partial charge in [0.05, 0.1) is 18.8 Å². The molecule has 1 saturated heterocycles. The Morgan fingerprint density at radius 1 is 1.25 bits per heavy atom. The highest BCUT2D eigenvalue weighted by Crippen LogP contribution is 2.31. The fourth-order valence-corrected chi connectivity index (χ4v) is 5.31. The summed E-state index contributed by atoms with van der Waals surface area (Å²) in [6.45, 7) is 3.78. The molecule has 5 rings (SSSR count). The van der Waals surface area contributed by atoms with Crippen molar-refractivity contribution in [3.05, 3.63) is 47.9 Å². The normalized spacial score (nSPS) is 17.1. The van der Waals surface area contributed by atoms with Gasteiger partial charge >= 0.3 is 0 Å². The number of fused-ring (bicyclic) bond motifs is 2. The zero-order valence-electron chi connectivity index (χ0n) is 18.2. The number of halogens is 1. The number of aromatic nitrogens is 2. The highest BCUT2D eigenvalue weighted by Gasteiger charge is 2.21. The van der Waals surface area contributed by atoms with Gasteiger partial charge in [-0.1, -0.05) is 0 Å². The lowest BCUT2D eigenvalue weighted by Gasteiger charge is -2.33. The van der Waals surface area contributed by atoms with Crippen LogP contribution in [-0.2, 0) is 6.42 Å². The van der Waals surface area contributed by atoms with Crippen molar-refractivity contribution in [2.24, 2.45) is 0 Å². The highest BCUT2D eigenvalue weighted by atomic mass is 32.2. The highest BCUT2D eigenvalue weighted by molar-refractivity contribution is 7.99. The molecule has 0 saturated carbocycles. The van der Waals surface area contributed by atoms with E-state index in [1.54, 1.807) is 7.11 Å². The van der Waals surface area contributed by atoms with Gasteiger partial charge in [0.1, 0.15) is 23.2 Å². The minimum atomic E-state index is -0.243. The topological polar surface area (TPSA) is 62.3 Å². The molecule has 32 heavy (non-hydrogen) atoms. The third kappa shape index (κ3) is 4.61. The molecule has 6 nitrogen and oxygen atoms in total. The first-order chi connectivity index (χ1) is 15.7. The predicted molar refractivity (Wildman–Crippen MR) is 128 cm³/mol. The van der Waals surface area contributed by atoms with Gasteiger partial charge in [0.25, 0.3) is 0 Å². The molecule has 1 aromatic carbocycles. The zero-order chi connectivity index (χ0) is 21.9. The first-order valence-electron chi connectivity index (χ1n) is 11.2. The molecule has 2 aliphatic rings. The average molecular weight is 454 g/mol. The Balaban J connectivity index is 1.18. The van der Waals surface area contributed by atoms with Crippen LogP contribution in [-0.4, -0.2) is 60.0 Å². The second-order valence-electron chi connectivity index (χ2n) is 8.30. The largest absolute Gasteiger partial charge is 0.497 e. The fraction of sp³-hybridized carbons (Fsp3) is 0.417. The minimum absolute atomic E-state index is 0.243. The number of benzene rings is 1. The molecule has 0 spiro atoms. The molecule has 168 valence electrons. The summed E-state index contributed by atoms with van der Waals surface area (Å²) in [5.74, 6) is 3.51. The maximum absolute atomic E-state index is 14.6. The van der Waals surface area contributed by atoms with E-state index >= 15 is 0 Å². The SMILES string of the molecule is COc1ccc2ncc(F)c(CCN3CCC(Nc4ccc5c(n4)NCCS5)CC3)c2c1. The molecular formula is C24H28FN5OS. The van der Waals surface area contributed by atoms with Gasteiger partial charge in [-0.25, -0.2) is 9.37 Å². The van der Waals surface area contributed by atoms with E-state index in [9.17, 15) is 4.39 Å². The number of nitrogens with one attached hydrogen (secondary N) is 2. The van der Waals surface area contributed by atoms with Crippen molar-refractivity contribution < 1.29 is 9.13 Å². The number of thioether (sulfide) groups is 1. The minimum Gasteiger partial charge on any atom is -0.497 e. The van der Waals surface area contributed by atoms with Crippen LogP contribution in [0.3, 0.4) is 0 Å². The number of hydrogen-bond acceptors (Lipinski definition) is 7. The number of likely N-dealkylation sites (tertiary alicyclic amines) is 1. The first kappa shape index (κ1) is 21.3. The summed E-state index contributed by atoms with van der Waals surface area (Å²) >= 11 is 1.85. The number of piperidine rings is 1. The smallest absolute Gasteiger partial charge is 0.145 e. The van der Waals surface area contributed by atoms with Crippen LogP contribution in [0.1, 0.15) is 18.4 Å². The summed E-state index contributed by atoms with van der Waals surface area (Å²) in [4.78, 5) is 12.6. The van der Waals surface area contributed by atoms with Crippen LogP contribution in [0.15, 0.2) is 41.4 Å². The summed E-state index contributed by atoms with van der Waals surface area (Å²) in [5.41, 5.74) is 1.52. The second-order valence-corrected chi connectivity index (χ2v) is 9.43. The van der Waals surface area contributed by atoms with E-state index in [4.69, 9.17) is 9.72 Å². The van der Waals surface area contributed by atoms with Crippen LogP contribution in [0.4, 0.5) is 16.0 Å². The van der Waals surface area contributed by atoms with Crippen LogP contribution >= 0.6 is 11.8 Å². The van der Waals surface area contributed by atoms with Crippen molar-refractivity contribution >= 4 is 34.3 Å². The number of nitrogens with zero attached hydrogens (tertiary/aromatic N) is 3. The van der Waals surface area contributed by atoms with Gasteiger partial charge in [0, 0.05) is 53.8 Å². The van der Waals surface area contributed by atoms with Crippen LogP contribution in [0.25, 0.3) is 10.9 Å². The molecule has 1 fully saturated rings. The molecule has 0 amide bonds. The Bertz CT molecular complexity index is 1100. The Kier molecular flexibility index (Phi) is 6.32. The van der Waals surface area contributed by atoms with Crippen LogP contribution in [0, 0.1) is 5.82 Å². The number of ether oxygens (including phenoxy) is 1. The molecule has 0 unspecified atom stereocenters. The second kappa shape index (κ2) is 9.50. The van der Waals surface area contributed by atoms with Gasteiger partial charge in [0.15, 0.2) is 0 Å². The van der Waals surface area contributed by atoms with Crippen LogP contribution in [0.2, 0.25) is 0 Å². The van der Waals surface area contributed by atoms with Crippen molar-refractivity contribution in [2.75, 3.05) is 49.7 Å². The Hall–Kier alpha value is -2.58. The van der Waals surface area contributed by atoms with Crippen molar-refractivity contribution in [1.29, 1.82) is 0 Å². The zero-order valence-corrected chi connectivity index (χ0v) is 19.1. The van der Waals surface area contributed by atoms with E-state index in [-0.39, 0.29) is 5.82 Å². The molecular weight excluding hydrogens is 425 g/mol. The summed E-state index contributed by atoms with van der Waals surface area (Å²) in [7, 11) is 1.63. The number of pyridine rings is 2. The molecule has 4 heterocycles. The molecule has 2 aromatic heterocycles. The van der Waals surface area contributed by atoms with E-state index in [2.05, 4.69) is 32.7 Å².